The van der Waals surface area contributed by atoms with Crippen LogP contribution >= 0.6 is 11.3 Å². The van der Waals surface area contributed by atoms with Crippen molar-refractivity contribution in [3.63, 3.8) is 0 Å². The number of nitrogens with zero attached hydrogens (tertiary/aromatic N) is 1. The monoisotopic (exact) mass is 395 g/mol. The Morgan fingerprint density at radius 3 is 2.67 bits per heavy atom. The van der Waals surface area contributed by atoms with E-state index in [4.69, 9.17) is 4.74 Å². The molecule has 0 bridgehead atoms. The predicted octanol–water partition coefficient (Wildman–Crippen LogP) is 2.15. The van der Waals surface area contributed by atoms with E-state index in [0.717, 1.165) is 36.9 Å². The first-order valence-corrected chi connectivity index (χ1v) is 9.37. The van der Waals surface area contributed by atoms with E-state index >= 15 is 0 Å². The molecule has 1 aromatic carbocycles. The summed E-state index contributed by atoms with van der Waals surface area (Å²) in [6, 6.07) is 4.51. The van der Waals surface area contributed by atoms with Crippen LogP contribution in [0.5, 0.6) is 0 Å². The molecule has 3 rings (SSSR count). The molecule has 0 saturated carbocycles. The molecule has 27 heavy (non-hydrogen) atoms. The topological polar surface area (TPSA) is 70.7 Å². The van der Waals surface area contributed by atoms with Gasteiger partial charge < -0.3 is 15.4 Å². The van der Waals surface area contributed by atoms with Crippen molar-refractivity contribution in [2.24, 2.45) is 0 Å². The summed E-state index contributed by atoms with van der Waals surface area (Å²) < 4.78 is 32.1. The SMILES string of the molecule is O=C(NCC(c1ccsc1)N1CCOCC1)C(=O)Nc1cc(F)ccc1F. The van der Waals surface area contributed by atoms with Gasteiger partial charge in [-0.15, -0.1) is 0 Å². The van der Waals surface area contributed by atoms with Crippen LogP contribution in [0.25, 0.3) is 0 Å². The second-order valence-corrected chi connectivity index (χ2v) is 6.79. The Morgan fingerprint density at radius 1 is 1.19 bits per heavy atom. The van der Waals surface area contributed by atoms with Crippen LogP contribution in [0.2, 0.25) is 0 Å². The molecule has 0 spiro atoms. The minimum absolute atomic E-state index is 0.0946. The van der Waals surface area contributed by atoms with Crippen molar-refractivity contribution in [3.8, 4) is 0 Å². The quantitative estimate of drug-likeness (QED) is 0.762. The maximum Gasteiger partial charge on any atom is 0.313 e. The van der Waals surface area contributed by atoms with Gasteiger partial charge in [-0.3, -0.25) is 14.5 Å². The summed E-state index contributed by atoms with van der Waals surface area (Å²) in [5.74, 6) is -3.49. The van der Waals surface area contributed by atoms with Gasteiger partial charge in [-0.25, -0.2) is 8.78 Å². The smallest absolute Gasteiger partial charge is 0.313 e. The van der Waals surface area contributed by atoms with E-state index in [2.05, 4.69) is 15.5 Å². The number of morpholine rings is 1. The molecule has 1 fully saturated rings. The van der Waals surface area contributed by atoms with Gasteiger partial charge in [0.15, 0.2) is 0 Å². The van der Waals surface area contributed by atoms with Crippen LogP contribution in [0.4, 0.5) is 14.5 Å². The molecule has 1 aromatic heterocycles. The maximum atomic E-state index is 13.6. The van der Waals surface area contributed by atoms with Crippen LogP contribution in [0.15, 0.2) is 35.0 Å². The van der Waals surface area contributed by atoms with Gasteiger partial charge in [-0.2, -0.15) is 11.3 Å². The van der Waals surface area contributed by atoms with E-state index < -0.39 is 23.4 Å². The lowest BCUT2D eigenvalue weighted by Gasteiger charge is -2.34. The molecule has 1 unspecified atom stereocenters. The van der Waals surface area contributed by atoms with Gasteiger partial charge in [0.25, 0.3) is 0 Å². The number of nitrogens with one attached hydrogen (secondary N) is 2. The van der Waals surface area contributed by atoms with Gasteiger partial charge in [0.05, 0.1) is 24.9 Å². The normalized spacial score (nSPS) is 15.9. The molecule has 1 saturated heterocycles. The van der Waals surface area contributed by atoms with Crippen molar-refractivity contribution < 1.29 is 23.1 Å². The number of halogens is 2. The molecule has 1 atom stereocenters. The first-order valence-electron chi connectivity index (χ1n) is 8.42. The van der Waals surface area contributed by atoms with Crippen molar-refractivity contribution in [2.75, 3.05) is 38.2 Å². The summed E-state index contributed by atoms with van der Waals surface area (Å²) in [6.07, 6.45) is 0. The van der Waals surface area contributed by atoms with Crippen LogP contribution in [-0.2, 0) is 14.3 Å². The Morgan fingerprint density at radius 2 is 1.96 bits per heavy atom. The summed E-state index contributed by atoms with van der Waals surface area (Å²) in [5.41, 5.74) is 0.663. The Hall–Kier alpha value is -2.36. The Balaban J connectivity index is 1.61. The number of hydrogen-bond acceptors (Lipinski definition) is 5. The Bertz CT molecular complexity index is 795. The Kier molecular flexibility index (Phi) is 6.49. The summed E-state index contributed by atoms with van der Waals surface area (Å²) in [6.45, 7) is 2.87. The van der Waals surface area contributed by atoms with Gasteiger partial charge >= 0.3 is 11.8 Å². The number of carbonyl (C=O) groups is 2. The van der Waals surface area contributed by atoms with Crippen LogP contribution in [0.1, 0.15) is 11.6 Å². The van der Waals surface area contributed by atoms with Gasteiger partial charge in [-0.1, -0.05) is 0 Å². The third-order valence-corrected chi connectivity index (χ3v) is 4.95. The fourth-order valence-corrected chi connectivity index (χ4v) is 3.56. The number of ether oxygens (including phenoxy) is 1. The zero-order valence-electron chi connectivity index (χ0n) is 14.4. The van der Waals surface area contributed by atoms with Crippen molar-refractivity contribution in [1.82, 2.24) is 10.2 Å². The maximum absolute atomic E-state index is 13.6. The molecule has 2 N–H and O–H groups in total. The van der Waals surface area contributed by atoms with Crippen molar-refractivity contribution >= 4 is 28.8 Å². The number of thiophene rings is 1. The minimum Gasteiger partial charge on any atom is -0.379 e. The first-order chi connectivity index (χ1) is 13.0. The fourth-order valence-electron chi connectivity index (χ4n) is 2.85. The summed E-state index contributed by atoms with van der Waals surface area (Å²) >= 11 is 1.55. The molecular formula is C18H19F2N3O3S. The number of amides is 2. The van der Waals surface area contributed by atoms with E-state index in [1.54, 1.807) is 11.3 Å². The predicted molar refractivity (Wildman–Crippen MR) is 97.4 cm³/mol. The molecule has 144 valence electrons. The largest absolute Gasteiger partial charge is 0.379 e. The summed E-state index contributed by atoms with van der Waals surface area (Å²) in [5, 5.41) is 8.61. The molecule has 0 aliphatic carbocycles. The molecule has 1 aliphatic rings. The summed E-state index contributed by atoms with van der Waals surface area (Å²) in [7, 11) is 0. The van der Waals surface area contributed by atoms with Crippen molar-refractivity contribution in [2.45, 2.75) is 6.04 Å². The molecule has 2 aromatic rings. The number of benzene rings is 1. The average Bonchev–Trinajstić information content (AvgIpc) is 3.20. The zero-order valence-corrected chi connectivity index (χ0v) is 15.2. The second kappa shape index (κ2) is 9.03. The highest BCUT2D eigenvalue weighted by atomic mass is 32.1. The highest BCUT2D eigenvalue weighted by Crippen LogP contribution is 2.23. The highest BCUT2D eigenvalue weighted by molar-refractivity contribution is 7.08. The van der Waals surface area contributed by atoms with Crippen LogP contribution in [0, 0.1) is 11.6 Å². The molecule has 9 heteroatoms. The zero-order chi connectivity index (χ0) is 19.2. The third-order valence-electron chi connectivity index (χ3n) is 4.25. The van der Waals surface area contributed by atoms with E-state index in [1.165, 1.54) is 0 Å². The van der Waals surface area contributed by atoms with E-state index in [-0.39, 0.29) is 18.3 Å². The molecule has 1 aliphatic heterocycles. The van der Waals surface area contributed by atoms with Gasteiger partial charge in [0, 0.05) is 25.7 Å². The lowest BCUT2D eigenvalue weighted by molar-refractivity contribution is -0.136. The van der Waals surface area contributed by atoms with Gasteiger partial charge in [0.2, 0.25) is 0 Å². The molecule has 2 amide bonds. The number of anilines is 1. The third kappa shape index (κ3) is 5.09. The van der Waals surface area contributed by atoms with Crippen molar-refractivity contribution in [3.05, 3.63) is 52.2 Å². The molecule has 6 nitrogen and oxygen atoms in total. The fraction of sp³-hybridized carbons (Fsp3) is 0.333. The van der Waals surface area contributed by atoms with Crippen LogP contribution in [0.3, 0.4) is 0 Å². The number of hydrogen-bond donors (Lipinski definition) is 2. The van der Waals surface area contributed by atoms with Gasteiger partial charge in [-0.05, 0) is 34.5 Å². The van der Waals surface area contributed by atoms with Gasteiger partial charge in [0.1, 0.15) is 11.6 Å². The van der Waals surface area contributed by atoms with Crippen LogP contribution < -0.4 is 10.6 Å². The molecule has 2 heterocycles. The lowest BCUT2D eigenvalue weighted by atomic mass is 10.1. The van der Waals surface area contributed by atoms with E-state index in [1.807, 2.05) is 16.8 Å². The highest BCUT2D eigenvalue weighted by Gasteiger charge is 2.25. The van der Waals surface area contributed by atoms with E-state index in [9.17, 15) is 18.4 Å². The first kappa shape index (κ1) is 19.4. The lowest BCUT2D eigenvalue weighted by Crippen LogP contribution is -2.45. The van der Waals surface area contributed by atoms with Crippen molar-refractivity contribution in [1.29, 1.82) is 0 Å². The number of rotatable bonds is 5. The standard InChI is InChI=1S/C18H19F2N3O3S/c19-13-1-2-14(20)15(9-13)22-18(25)17(24)21-10-16(12-3-8-27-11-12)23-4-6-26-7-5-23/h1-3,8-9,11,16H,4-7,10H2,(H,21,24)(H,22,25). The van der Waals surface area contributed by atoms with E-state index in [0.29, 0.717) is 13.2 Å². The summed E-state index contributed by atoms with van der Waals surface area (Å²) in [4.78, 5) is 26.3. The Labute approximate surface area is 159 Å². The molecular weight excluding hydrogens is 376 g/mol. The van der Waals surface area contributed by atoms with Crippen LogP contribution in [-0.4, -0.2) is 49.6 Å². The average molecular weight is 395 g/mol. The second-order valence-electron chi connectivity index (χ2n) is 6.01. The number of carbonyl (C=O) groups excluding carboxylic acids is 2. The minimum atomic E-state index is -1.05. The molecule has 0 radical (unpaired) electrons.